The number of amides is 1. The average molecular weight is 307 g/mol. The molecule has 1 aromatic rings. The minimum Gasteiger partial charge on any atom is -0.481 e. The fraction of sp³-hybridized carbons (Fsp3) is 0.500. The maximum absolute atomic E-state index is 12.0. The lowest BCUT2D eigenvalue weighted by molar-refractivity contribution is -0.141. The standard InChI is InChI=1S/C12H15F2NO4S/c1-7(11(17)18)4-5-15-10(16)9-3-2-8(19-9)6-20-12(13)14/h2-3,7,12H,4-6H2,1H3,(H,15,16)(H,17,18). The molecular weight excluding hydrogens is 292 g/mol. The molecule has 1 amide bonds. The lowest BCUT2D eigenvalue weighted by Gasteiger charge is -2.06. The number of carboxylic acids is 1. The molecule has 5 nitrogen and oxygen atoms in total. The van der Waals surface area contributed by atoms with Gasteiger partial charge in [0.2, 0.25) is 0 Å². The Hall–Kier alpha value is -1.57. The molecule has 1 rings (SSSR count). The van der Waals surface area contributed by atoms with Crippen molar-refractivity contribution in [3.8, 4) is 0 Å². The van der Waals surface area contributed by atoms with Gasteiger partial charge in [0.1, 0.15) is 5.76 Å². The SMILES string of the molecule is CC(CCNC(=O)c1ccc(CSC(F)F)o1)C(=O)O. The van der Waals surface area contributed by atoms with E-state index < -0.39 is 23.6 Å². The Morgan fingerprint density at radius 2 is 2.15 bits per heavy atom. The molecule has 8 heteroatoms. The third kappa shape index (κ3) is 5.60. The van der Waals surface area contributed by atoms with Gasteiger partial charge in [-0.2, -0.15) is 8.78 Å². The predicted molar refractivity (Wildman–Crippen MR) is 69.8 cm³/mol. The van der Waals surface area contributed by atoms with E-state index in [0.717, 1.165) is 0 Å². The Morgan fingerprint density at radius 3 is 2.75 bits per heavy atom. The van der Waals surface area contributed by atoms with E-state index in [9.17, 15) is 18.4 Å². The molecule has 0 spiro atoms. The second kappa shape index (κ2) is 7.88. The van der Waals surface area contributed by atoms with Gasteiger partial charge in [-0.15, -0.1) is 0 Å². The van der Waals surface area contributed by atoms with E-state index in [1.807, 2.05) is 0 Å². The third-order valence-electron chi connectivity index (χ3n) is 2.52. The van der Waals surface area contributed by atoms with Gasteiger partial charge in [0.15, 0.2) is 5.76 Å². The molecule has 0 radical (unpaired) electrons. The summed E-state index contributed by atoms with van der Waals surface area (Å²) in [6.45, 7) is 1.75. The molecule has 0 bridgehead atoms. The Kier molecular flexibility index (Phi) is 6.50. The smallest absolute Gasteiger partial charge is 0.306 e. The van der Waals surface area contributed by atoms with Crippen molar-refractivity contribution in [1.82, 2.24) is 5.32 Å². The zero-order chi connectivity index (χ0) is 15.1. The summed E-state index contributed by atoms with van der Waals surface area (Å²) in [4.78, 5) is 22.2. The first kappa shape index (κ1) is 16.5. The summed E-state index contributed by atoms with van der Waals surface area (Å²) in [7, 11) is 0. The summed E-state index contributed by atoms with van der Waals surface area (Å²) in [6, 6.07) is 2.86. The fourth-order valence-electron chi connectivity index (χ4n) is 1.34. The van der Waals surface area contributed by atoms with Crippen molar-refractivity contribution in [3.05, 3.63) is 23.7 Å². The molecule has 0 saturated carbocycles. The predicted octanol–water partition coefficient (Wildman–Crippen LogP) is 2.58. The number of furan rings is 1. The van der Waals surface area contributed by atoms with Gasteiger partial charge >= 0.3 is 5.97 Å². The molecule has 0 aliphatic carbocycles. The molecule has 0 aliphatic heterocycles. The van der Waals surface area contributed by atoms with Crippen LogP contribution in [0.1, 0.15) is 29.7 Å². The number of thioether (sulfide) groups is 1. The van der Waals surface area contributed by atoms with Crippen LogP contribution in [0.25, 0.3) is 0 Å². The van der Waals surface area contributed by atoms with Crippen molar-refractivity contribution in [2.45, 2.75) is 24.9 Å². The number of rotatable bonds is 8. The number of carboxylic acid groups (broad SMARTS) is 1. The largest absolute Gasteiger partial charge is 0.481 e. The van der Waals surface area contributed by atoms with E-state index in [1.165, 1.54) is 12.1 Å². The van der Waals surface area contributed by atoms with Crippen LogP contribution in [0.15, 0.2) is 16.5 Å². The molecule has 0 fully saturated rings. The number of carbonyl (C=O) groups excluding carboxylic acids is 1. The number of carbonyl (C=O) groups is 2. The van der Waals surface area contributed by atoms with Crippen LogP contribution in [-0.4, -0.2) is 29.3 Å². The minimum absolute atomic E-state index is 0.0129. The Bertz CT molecular complexity index is 464. The molecule has 1 unspecified atom stereocenters. The van der Waals surface area contributed by atoms with E-state index in [-0.39, 0.29) is 18.1 Å². The summed E-state index contributed by atoms with van der Waals surface area (Å²) >= 11 is 0.410. The molecule has 112 valence electrons. The van der Waals surface area contributed by atoms with Gasteiger partial charge in [0, 0.05) is 6.54 Å². The summed E-state index contributed by atoms with van der Waals surface area (Å²) in [6.07, 6.45) is 0.301. The van der Waals surface area contributed by atoms with E-state index in [1.54, 1.807) is 6.92 Å². The number of alkyl halides is 2. The van der Waals surface area contributed by atoms with E-state index in [2.05, 4.69) is 5.32 Å². The highest BCUT2D eigenvalue weighted by molar-refractivity contribution is 7.98. The topological polar surface area (TPSA) is 79.5 Å². The minimum atomic E-state index is -2.49. The van der Waals surface area contributed by atoms with E-state index in [0.29, 0.717) is 23.9 Å². The second-order valence-corrected chi connectivity index (χ2v) is 5.10. The fourth-order valence-corrected chi connectivity index (χ4v) is 1.78. The van der Waals surface area contributed by atoms with Gasteiger partial charge in [-0.1, -0.05) is 18.7 Å². The van der Waals surface area contributed by atoms with Crippen LogP contribution in [0.5, 0.6) is 0 Å². The monoisotopic (exact) mass is 307 g/mol. The van der Waals surface area contributed by atoms with Gasteiger partial charge in [-0.25, -0.2) is 0 Å². The molecule has 0 aliphatic rings. The summed E-state index contributed by atoms with van der Waals surface area (Å²) in [5.41, 5.74) is 0. The van der Waals surface area contributed by atoms with Crippen molar-refractivity contribution in [2.75, 3.05) is 6.54 Å². The normalized spacial score (nSPS) is 12.4. The van der Waals surface area contributed by atoms with Gasteiger partial charge in [0.25, 0.3) is 11.7 Å². The zero-order valence-electron chi connectivity index (χ0n) is 10.8. The van der Waals surface area contributed by atoms with Crippen molar-refractivity contribution in [3.63, 3.8) is 0 Å². The first-order valence-corrected chi connectivity index (χ1v) is 6.94. The molecule has 1 heterocycles. The highest BCUT2D eigenvalue weighted by atomic mass is 32.2. The zero-order valence-corrected chi connectivity index (χ0v) is 11.6. The highest BCUT2D eigenvalue weighted by Crippen LogP contribution is 2.21. The Morgan fingerprint density at radius 1 is 1.45 bits per heavy atom. The molecule has 2 N–H and O–H groups in total. The van der Waals surface area contributed by atoms with Crippen molar-refractivity contribution in [1.29, 1.82) is 0 Å². The van der Waals surface area contributed by atoms with Crippen LogP contribution in [-0.2, 0) is 10.5 Å². The van der Waals surface area contributed by atoms with E-state index >= 15 is 0 Å². The van der Waals surface area contributed by atoms with Crippen molar-refractivity contribution >= 4 is 23.6 Å². The second-order valence-electron chi connectivity index (χ2n) is 4.12. The van der Waals surface area contributed by atoms with Gasteiger partial charge in [-0.05, 0) is 18.6 Å². The first-order valence-electron chi connectivity index (χ1n) is 5.89. The molecule has 1 aromatic heterocycles. The summed E-state index contributed by atoms with van der Waals surface area (Å²) in [5, 5.41) is 11.2. The maximum atomic E-state index is 12.0. The van der Waals surface area contributed by atoms with Crippen LogP contribution < -0.4 is 5.32 Å². The first-order chi connectivity index (χ1) is 9.40. The highest BCUT2D eigenvalue weighted by Gasteiger charge is 2.14. The average Bonchev–Trinajstić information content (AvgIpc) is 2.84. The molecule has 20 heavy (non-hydrogen) atoms. The Labute approximate surface area is 118 Å². The summed E-state index contributed by atoms with van der Waals surface area (Å²) in [5.74, 6) is -4.16. The summed E-state index contributed by atoms with van der Waals surface area (Å²) < 4.78 is 29.1. The Balaban J connectivity index is 2.38. The van der Waals surface area contributed by atoms with Crippen molar-refractivity contribution in [2.24, 2.45) is 5.92 Å². The van der Waals surface area contributed by atoms with Crippen LogP contribution in [0.3, 0.4) is 0 Å². The maximum Gasteiger partial charge on any atom is 0.306 e. The quantitative estimate of drug-likeness (QED) is 0.771. The molecule has 0 aromatic carbocycles. The number of halogens is 2. The van der Waals surface area contributed by atoms with Gasteiger partial charge in [-0.3, -0.25) is 9.59 Å². The van der Waals surface area contributed by atoms with Crippen LogP contribution in [0, 0.1) is 5.92 Å². The van der Waals surface area contributed by atoms with Crippen LogP contribution in [0.4, 0.5) is 8.78 Å². The molecule has 0 saturated heterocycles. The van der Waals surface area contributed by atoms with Gasteiger partial charge in [0.05, 0.1) is 11.7 Å². The molecular formula is C12H15F2NO4S. The number of nitrogens with one attached hydrogen (secondary N) is 1. The lowest BCUT2D eigenvalue weighted by atomic mass is 10.1. The van der Waals surface area contributed by atoms with Crippen LogP contribution >= 0.6 is 11.8 Å². The lowest BCUT2D eigenvalue weighted by Crippen LogP contribution is -2.26. The van der Waals surface area contributed by atoms with Gasteiger partial charge < -0.3 is 14.8 Å². The van der Waals surface area contributed by atoms with Crippen molar-refractivity contribution < 1.29 is 27.9 Å². The van der Waals surface area contributed by atoms with E-state index in [4.69, 9.17) is 9.52 Å². The number of aliphatic carboxylic acids is 1. The molecule has 1 atom stereocenters. The number of hydrogen-bond donors (Lipinski definition) is 2. The van der Waals surface area contributed by atoms with Crippen LogP contribution in [0.2, 0.25) is 0 Å². The third-order valence-corrected chi connectivity index (χ3v) is 3.22. The number of hydrogen-bond acceptors (Lipinski definition) is 4.